The zero-order valence-corrected chi connectivity index (χ0v) is 16.7. The van der Waals surface area contributed by atoms with Crippen molar-refractivity contribution in [1.82, 2.24) is 20.2 Å². The third kappa shape index (κ3) is 4.50. The monoisotopic (exact) mass is 382 g/mol. The van der Waals surface area contributed by atoms with Crippen LogP contribution in [0.15, 0.2) is 24.5 Å². The Morgan fingerprint density at radius 3 is 2.82 bits per heavy atom. The molecule has 2 aromatic rings. The first-order valence-corrected chi connectivity index (χ1v) is 10.5. The van der Waals surface area contributed by atoms with Crippen LogP contribution in [0.4, 0.5) is 0 Å². The predicted molar refractivity (Wildman–Crippen MR) is 110 cm³/mol. The molecule has 2 saturated heterocycles. The molecule has 6 heteroatoms. The molecule has 6 nitrogen and oxygen atoms in total. The van der Waals surface area contributed by atoms with Gasteiger partial charge in [-0.2, -0.15) is 0 Å². The molecule has 2 aromatic heterocycles. The summed E-state index contributed by atoms with van der Waals surface area (Å²) in [6, 6.07) is 3.86. The van der Waals surface area contributed by atoms with E-state index >= 15 is 0 Å². The molecule has 28 heavy (non-hydrogen) atoms. The summed E-state index contributed by atoms with van der Waals surface area (Å²) in [5, 5.41) is 4.12. The van der Waals surface area contributed by atoms with E-state index in [2.05, 4.69) is 27.1 Å². The van der Waals surface area contributed by atoms with Gasteiger partial charge in [-0.1, -0.05) is 6.92 Å². The third-order valence-corrected chi connectivity index (χ3v) is 6.13. The molecule has 150 valence electrons. The number of amides is 1. The van der Waals surface area contributed by atoms with Crippen LogP contribution in [0.3, 0.4) is 0 Å². The summed E-state index contributed by atoms with van der Waals surface area (Å²) in [6.45, 7) is 7.68. The number of hydrogen-bond acceptors (Lipinski definition) is 5. The van der Waals surface area contributed by atoms with Gasteiger partial charge in [0.15, 0.2) is 0 Å². The Hall–Kier alpha value is -2.05. The molecule has 0 aliphatic carbocycles. The summed E-state index contributed by atoms with van der Waals surface area (Å²) >= 11 is 0. The number of nitrogens with zero attached hydrogens (tertiary/aromatic N) is 3. The molecular weight excluding hydrogens is 352 g/mol. The minimum absolute atomic E-state index is 0.0857. The van der Waals surface area contributed by atoms with Gasteiger partial charge in [0.05, 0.1) is 5.52 Å². The zero-order valence-electron chi connectivity index (χ0n) is 16.7. The SMILES string of the molecule is CC1CCN(CCNC(=O)c2cc(C3CCOCC3)c3cnccc3n2)CC1. The molecule has 2 aliphatic rings. The normalized spacial score (nSPS) is 19.8. The van der Waals surface area contributed by atoms with Crippen molar-refractivity contribution in [2.45, 2.75) is 38.5 Å². The van der Waals surface area contributed by atoms with Gasteiger partial charge in [-0.25, -0.2) is 4.98 Å². The Morgan fingerprint density at radius 2 is 2.04 bits per heavy atom. The van der Waals surface area contributed by atoms with E-state index in [1.165, 1.54) is 18.4 Å². The number of pyridine rings is 2. The molecule has 0 unspecified atom stereocenters. The predicted octanol–water partition coefficient (Wildman–Crippen LogP) is 2.99. The molecule has 1 N–H and O–H groups in total. The average Bonchev–Trinajstić information content (AvgIpc) is 2.75. The average molecular weight is 383 g/mol. The highest BCUT2D eigenvalue weighted by Gasteiger charge is 2.21. The Labute approximate surface area is 166 Å². The van der Waals surface area contributed by atoms with Crippen LogP contribution in [0, 0.1) is 5.92 Å². The number of nitrogens with one attached hydrogen (secondary N) is 1. The first kappa shape index (κ1) is 19.3. The minimum atomic E-state index is -0.0857. The number of hydrogen-bond donors (Lipinski definition) is 1. The van der Waals surface area contributed by atoms with Crippen LogP contribution in [0.25, 0.3) is 10.9 Å². The Bertz CT molecular complexity index is 811. The largest absolute Gasteiger partial charge is 0.381 e. The molecule has 4 heterocycles. The number of piperidine rings is 1. The van der Waals surface area contributed by atoms with Crippen LogP contribution < -0.4 is 5.32 Å². The zero-order chi connectivity index (χ0) is 19.3. The van der Waals surface area contributed by atoms with Gasteiger partial charge in [0.2, 0.25) is 0 Å². The van der Waals surface area contributed by atoms with Gasteiger partial charge in [0.25, 0.3) is 5.91 Å². The van der Waals surface area contributed by atoms with E-state index in [1.54, 1.807) is 6.20 Å². The molecule has 2 aliphatic heterocycles. The van der Waals surface area contributed by atoms with Gasteiger partial charge in [-0.15, -0.1) is 0 Å². The third-order valence-electron chi connectivity index (χ3n) is 6.13. The lowest BCUT2D eigenvalue weighted by Crippen LogP contribution is -2.39. The number of fused-ring (bicyclic) bond motifs is 1. The van der Waals surface area contributed by atoms with Crippen molar-refractivity contribution in [1.29, 1.82) is 0 Å². The van der Waals surface area contributed by atoms with Gasteiger partial charge < -0.3 is 15.0 Å². The van der Waals surface area contributed by atoms with Crippen LogP contribution in [-0.2, 0) is 4.74 Å². The van der Waals surface area contributed by atoms with Crippen molar-refractivity contribution in [3.63, 3.8) is 0 Å². The van der Waals surface area contributed by atoms with Crippen molar-refractivity contribution >= 4 is 16.8 Å². The van der Waals surface area contributed by atoms with E-state index in [1.807, 2.05) is 18.3 Å². The van der Waals surface area contributed by atoms with Gasteiger partial charge in [0.1, 0.15) is 5.69 Å². The van der Waals surface area contributed by atoms with Crippen LogP contribution in [0.5, 0.6) is 0 Å². The van der Waals surface area contributed by atoms with E-state index < -0.39 is 0 Å². The van der Waals surface area contributed by atoms with Crippen LogP contribution in [0.1, 0.15) is 54.6 Å². The second-order valence-corrected chi connectivity index (χ2v) is 8.16. The number of ether oxygens (including phenoxy) is 1. The molecule has 2 fully saturated rings. The maximum absolute atomic E-state index is 12.8. The van der Waals surface area contributed by atoms with E-state index in [9.17, 15) is 4.79 Å². The van der Waals surface area contributed by atoms with Gasteiger partial charge in [-0.05, 0) is 68.3 Å². The first-order valence-electron chi connectivity index (χ1n) is 10.5. The maximum Gasteiger partial charge on any atom is 0.269 e. The van der Waals surface area contributed by atoms with Gasteiger partial charge in [0, 0.05) is 44.1 Å². The molecule has 0 saturated carbocycles. The number of carbonyl (C=O) groups excluding carboxylic acids is 1. The Morgan fingerprint density at radius 1 is 1.25 bits per heavy atom. The summed E-state index contributed by atoms with van der Waals surface area (Å²) in [5.41, 5.74) is 2.53. The van der Waals surface area contributed by atoms with Crippen LogP contribution in [-0.4, -0.2) is 60.2 Å². The standard InChI is InChI=1S/C22H30N4O2/c1-16-3-9-26(10-4-16)11-8-24-22(27)21-14-18(17-5-12-28-13-6-17)19-15-23-7-2-20(19)25-21/h2,7,14-17H,3-6,8-13H2,1H3,(H,24,27). The highest BCUT2D eigenvalue weighted by Crippen LogP contribution is 2.32. The fraction of sp³-hybridized carbons (Fsp3) is 0.591. The topological polar surface area (TPSA) is 67.4 Å². The number of rotatable bonds is 5. The molecular formula is C22H30N4O2. The first-order chi connectivity index (χ1) is 13.7. The number of carbonyl (C=O) groups is 1. The molecule has 0 atom stereocenters. The molecule has 0 spiro atoms. The van der Waals surface area contributed by atoms with Crippen molar-refractivity contribution in [3.05, 3.63) is 35.8 Å². The molecule has 1 amide bonds. The quantitative estimate of drug-likeness (QED) is 0.861. The molecule has 0 bridgehead atoms. The van der Waals surface area contributed by atoms with E-state index in [0.29, 0.717) is 18.2 Å². The summed E-state index contributed by atoms with van der Waals surface area (Å²) in [4.78, 5) is 24.1. The van der Waals surface area contributed by atoms with Gasteiger partial charge >= 0.3 is 0 Å². The summed E-state index contributed by atoms with van der Waals surface area (Å²) < 4.78 is 5.51. The number of aromatic nitrogens is 2. The summed E-state index contributed by atoms with van der Waals surface area (Å²) in [7, 11) is 0. The highest BCUT2D eigenvalue weighted by molar-refractivity contribution is 5.96. The molecule has 0 aromatic carbocycles. The summed E-state index contributed by atoms with van der Waals surface area (Å²) in [6.07, 6.45) is 8.06. The number of likely N-dealkylation sites (tertiary alicyclic amines) is 1. The lowest BCUT2D eigenvalue weighted by Gasteiger charge is -2.30. The fourth-order valence-electron chi connectivity index (χ4n) is 4.26. The van der Waals surface area contributed by atoms with Crippen molar-refractivity contribution < 1.29 is 9.53 Å². The van der Waals surface area contributed by atoms with E-state index in [-0.39, 0.29) is 5.91 Å². The summed E-state index contributed by atoms with van der Waals surface area (Å²) in [5.74, 6) is 1.13. The van der Waals surface area contributed by atoms with Crippen molar-refractivity contribution in [2.75, 3.05) is 39.4 Å². The van der Waals surface area contributed by atoms with E-state index in [4.69, 9.17) is 4.74 Å². The van der Waals surface area contributed by atoms with Crippen molar-refractivity contribution in [3.8, 4) is 0 Å². The van der Waals surface area contributed by atoms with Gasteiger partial charge in [-0.3, -0.25) is 9.78 Å². The lowest BCUT2D eigenvalue weighted by atomic mass is 9.89. The fourth-order valence-corrected chi connectivity index (χ4v) is 4.26. The van der Waals surface area contributed by atoms with E-state index in [0.717, 1.165) is 62.5 Å². The van der Waals surface area contributed by atoms with Crippen LogP contribution in [0.2, 0.25) is 0 Å². The Kier molecular flexibility index (Phi) is 6.17. The lowest BCUT2D eigenvalue weighted by molar-refractivity contribution is 0.0855. The van der Waals surface area contributed by atoms with Crippen molar-refractivity contribution in [2.24, 2.45) is 5.92 Å². The smallest absolute Gasteiger partial charge is 0.269 e. The molecule has 0 radical (unpaired) electrons. The second kappa shape index (κ2) is 8.97. The highest BCUT2D eigenvalue weighted by atomic mass is 16.5. The second-order valence-electron chi connectivity index (χ2n) is 8.16. The maximum atomic E-state index is 12.8. The molecule has 4 rings (SSSR count). The minimum Gasteiger partial charge on any atom is -0.381 e. The van der Waals surface area contributed by atoms with Crippen LogP contribution >= 0.6 is 0 Å². The Balaban J connectivity index is 1.46.